The molecule has 0 saturated carbocycles. The average molecular weight is 643 g/mol. The van der Waals surface area contributed by atoms with Crippen LogP contribution >= 0.6 is 0 Å². The molecule has 47 heavy (non-hydrogen) atoms. The van der Waals surface area contributed by atoms with Gasteiger partial charge in [-0.15, -0.1) is 0 Å². The molecule has 5 heterocycles. The van der Waals surface area contributed by atoms with Gasteiger partial charge in [0.25, 0.3) is 0 Å². The molecule has 7 rings (SSSR count). The summed E-state index contributed by atoms with van der Waals surface area (Å²) in [6.07, 6.45) is 0.349. The Morgan fingerprint density at radius 3 is 2.62 bits per heavy atom. The summed E-state index contributed by atoms with van der Waals surface area (Å²) in [6.45, 7) is 11.4. The Morgan fingerprint density at radius 1 is 1.13 bits per heavy atom. The Kier molecular flexibility index (Phi) is 7.31. The number of hydrogen-bond donors (Lipinski definition) is 3. The molecule has 0 saturated heterocycles. The van der Waals surface area contributed by atoms with Crippen LogP contribution in [0.1, 0.15) is 88.0 Å². The van der Waals surface area contributed by atoms with E-state index >= 15 is 4.39 Å². The highest BCUT2D eigenvalue weighted by molar-refractivity contribution is 5.89. The molecule has 10 nitrogen and oxygen atoms in total. The van der Waals surface area contributed by atoms with E-state index in [1.165, 1.54) is 12.1 Å². The van der Waals surface area contributed by atoms with E-state index in [2.05, 4.69) is 10.6 Å². The summed E-state index contributed by atoms with van der Waals surface area (Å²) in [7, 11) is 0. The molecule has 0 aliphatic carbocycles. The first kappa shape index (κ1) is 31.1. The Morgan fingerprint density at radius 2 is 1.91 bits per heavy atom. The number of aliphatic hydroxyl groups is 1. The molecule has 4 bridgehead atoms. The number of benzene rings is 2. The third kappa shape index (κ3) is 4.94. The summed E-state index contributed by atoms with van der Waals surface area (Å²) in [5, 5.41) is 17.2. The monoisotopic (exact) mass is 642 g/mol. The molecule has 0 radical (unpaired) electrons. The first-order valence-electron chi connectivity index (χ1n) is 16.1. The van der Waals surface area contributed by atoms with Crippen LogP contribution in [0.4, 0.5) is 10.1 Å². The van der Waals surface area contributed by atoms with Gasteiger partial charge in [-0.2, -0.15) is 0 Å². The third-order valence-corrected chi connectivity index (χ3v) is 9.58. The predicted molar refractivity (Wildman–Crippen MR) is 170 cm³/mol. The van der Waals surface area contributed by atoms with Crippen LogP contribution in [-0.2, 0) is 27.8 Å². The number of rotatable bonds is 6. The van der Waals surface area contributed by atoms with Crippen LogP contribution in [0, 0.1) is 23.1 Å². The lowest BCUT2D eigenvalue weighted by Gasteiger charge is -2.32. The number of ether oxygens (including phenoxy) is 1. The molecule has 1 amide bonds. The molecular formula is C36H39FN4O6. The van der Waals surface area contributed by atoms with Crippen LogP contribution in [0.5, 0.6) is 5.75 Å². The smallest absolute Gasteiger partial charge is 0.249 e. The van der Waals surface area contributed by atoms with Gasteiger partial charge in [-0.05, 0) is 54.0 Å². The number of hydrogen-bond acceptors (Lipinski definition) is 9. The largest absolute Gasteiger partial charge is 0.469 e. The Labute approximate surface area is 272 Å². The van der Waals surface area contributed by atoms with Gasteiger partial charge in [0.2, 0.25) is 17.7 Å². The molecule has 1 spiro atoms. The van der Waals surface area contributed by atoms with Gasteiger partial charge in [0.05, 0.1) is 5.69 Å². The molecule has 246 valence electrons. The molecule has 3 aliphatic rings. The number of carbonyl (C=O) groups is 2. The number of carbonyl (C=O) groups excluding carboxylic acids is 2. The molecule has 2 aromatic heterocycles. The summed E-state index contributed by atoms with van der Waals surface area (Å²) >= 11 is 0. The standard InChI is InChI=1S/C36H39FN4O6/c1-7-21-16-45-32(38-21)27-30-36-22-15-20(37)9-10-24(22)39-34(36)46-26-11-8-18(13-23(26)36)12-19(14-25(42)28(43)17(2)3)31(44)41-29(35(4,5)6)33(40-27)47-30/h8-11,13,15-17,19,28-29,34,39,43H,7,12,14H2,1-6H3,(H,41,44)/t19?,28-,29+,34?,36-/m0/s1. The Balaban J connectivity index is 1.51. The number of halogens is 1. The predicted octanol–water partition coefficient (Wildman–Crippen LogP) is 5.86. The quantitative estimate of drug-likeness (QED) is 0.236. The van der Waals surface area contributed by atoms with Crippen LogP contribution in [-0.4, -0.2) is 39.1 Å². The Bertz CT molecular complexity index is 1890. The minimum absolute atomic E-state index is 0.156. The van der Waals surface area contributed by atoms with E-state index in [4.69, 9.17) is 23.5 Å². The molecular weight excluding hydrogens is 603 g/mol. The number of ketones is 1. The van der Waals surface area contributed by atoms with Gasteiger partial charge in [0.1, 0.15) is 35.4 Å². The summed E-state index contributed by atoms with van der Waals surface area (Å²) in [6, 6.07) is 9.43. The highest BCUT2D eigenvalue weighted by atomic mass is 19.1. The number of nitrogens with zero attached hydrogens (tertiary/aromatic N) is 2. The second-order valence-corrected chi connectivity index (χ2v) is 14.3. The van der Waals surface area contributed by atoms with Gasteiger partial charge in [0, 0.05) is 29.2 Å². The third-order valence-electron chi connectivity index (χ3n) is 9.58. The number of aliphatic hydroxyl groups excluding tert-OH is 1. The summed E-state index contributed by atoms with van der Waals surface area (Å²) in [5.41, 5.74) is 1.97. The van der Waals surface area contributed by atoms with Crippen LogP contribution in [0.2, 0.25) is 0 Å². The van der Waals surface area contributed by atoms with Gasteiger partial charge in [-0.25, -0.2) is 14.4 Å². The number of aryl methyl sites for hydroxylation is 1. The van der Waals surface area contributed by atoms with Crippen LogP contribution in [0.15, 0.2) is 51.5 Å². The number of nitrogens with one attached hydrogen (secondary N) is 2. The zero-order chi connectivity index (χ0) is 33.4. The van der Waals surface area contributed by atoms with Crippen molar-refractivity contribution in [2.45, 2.75) is 84.6 Å². The molecule has 0 fully saturated rings. The molecule has 3 N–H and O–H groups in total. The first-order chi connectivity index (χ1) is 22.3. The van der Waals surface area contributed by atoms with E-state index in [1.807, 2.05) is 45.9 Å². The topological polar surface area (TPSA) is 140 Å². The molecule has 5 atom stereocenters. The van der Waals surface area contributed by atoms with Gasteiger partial charge in [0.15, 0.2) is 23.5 Å². The van der Waals surface area contributed by atoms with Gasteiger partial charge < -0.3 is 29.3 Å². The van der Waals surface area contributed by atoms with Gasteiger partial charge in [-0.3, -0.25) is 9.59 Å². The second kappa shape index (κ2) is 11.0. The van der Waals surface area contributed by atoms with E-state index in [-0.39, 0.29) is 36.4 Å². The fourth-order valence-electron chi connectivity index (χ4n) is 7.01. The number of fused-ring (bicyclic) bond motifs is 4. The maximum Gasteiger partial charge on any atom is 0.249 e. The molecule has 2 aromatic carbocycles. The zero-order valence-electron chi connectivity index (χ0n) is 27.3. The zero-order valence-corrected chi connectivity index (χ0v) is 27.3. The molecule has 11 heteroatoms. The lowest BCUT2D eigenvalue weighted by Crippen LogP contribution is -2.42. The molecule has 2 unspecified atom stereocenters. The Hall–Kier alpha value is -4.51. The highest BCUT2D eigenvalue weighted by Crippen LogP contribution is 2.59. The minimum atomic E-state index is -1.21. The van der Waals surface area contributed by atoms with E-state index < -0.39 is 46.7 Å². The SMILES string of the molecule is CCc1coc(-c2nc3oc2[C@@]24c5cc(F)ccc5NC2Oc2ccc(cc24)CC(CC(=O)[C@@H](O)C(C)C)C(=O)N[C@H]3C(C)(C)C)n1. The lowest BCUT2D eigenvalue weighted by molar-refractivity contribution is -0.135. The van der Waals surface area contributed by atoms with Crippen molar-refractivity contribution in [3.8, 4) is 17.3 Å². The van der Waals surface area contributed by atoms with Gasteiger partial charge in [-0.1, -0.05) is 53.7 Å². The van der Waals surface area contributed by atoms with E-state index in [0.717, 1.165) is 11.3 Å². The second-order valence-electron chi connectivity index (χ2n) is 14.3. The maximum atomic E-state index is 15.1. The van der Waals surface area contributed by atoms with Crippen LogP contribution in [0.3, 0.4) is 0 Å². The van der Waals surface area contributed by atoms with E-state index in [1.54, 1.807) is 26.2 Å². The summed E-state index contributed by atoms with van der Waals surface area (Å²) in [5.74, 6) is -0.932. The van der Waals surface area contributed by atoms with Crippen molar-refractivity contribution in [1.29, 1.82) is 0 Å². The number of Topliss-reactive ketones (excluding diaryl/α,β-unsaturated/α-hetero) is 1. The van der Waals surface area contributed by atoms with Crippen molar-refractivity contribution in [2.75, 3.05) is 5.32 Å². The number of aromatic nitrogens is 2. The highest BCUT2D eigenvalue weighted by Gasteiger charge is 2.61. The first-order valence-corrected chi connectivity index (χ1v) is 16.1. The van der Waals surface area contributed by atoms with Crippen molar-refractivity contribution in [3.05, 3.63) is 82.5 Å². The summed E-state index contributed by atoms with van der Waals surface area (Å²) in [4.78, 5) is 37.0. The maximum absolute atomic E-state index is 15.1. The number of anilines is 1. The average Bonchev–Trinajstić information content (AvgIpc) is 3.79. The van der Waals surface area contributed by atoms with E-state index in [9.17, 15) is 14.7 Å². The molecule has 3 aliphatic heterocycles. The summed E-state index contributed by atoms with van der Waals surface area (Å²) < 4.78 is 34.5. The normalized spacial score (nSPS) is 23.6. The van der Waals surface area contributed by atoms with Crippen molar-refractivity contribution in [3.63, 3.8) is 0 Å². The number of amides is 1. The minimum Gasteiger partial charge on any atom is -0.469 e. The van der Waals surface area contributed by atoms with Crippen LogP contribution in [0.25, 0.3) is 11.6 Å². The molecule has 4 aromatic rings. The van der Waals surface area contributed by atoms with Crippen molar-refractivity contribution < 1.29 is 32.7 Å². The van der Waals surface area contributed by atoms with Crippen molar-refractivity contribution in [2.24, 2.45) is 17.3 Å². The van der Waals surface area contributed by atoms with Crippen molar-refractivity contribution >= 4 is 17.4 Å². The van der Waals surface area contributed by atoms with E-state index in [0.29, 0.717) is 40.4 Å². The number of oxazole rings is 2. The fraction of sp³-hybridized carbons (Fsp3) is 0.444. The van der Waals surface area contributed by atoms with Crippen molar-refractivity contribution in [1.82, 2.24) is 15.3 Å². The van der Waals surface area contributed by atoms with Gasteiger partial charge >= 0.3 is 0 Å². The lowest BCUT2D eigenvalue weighted by atomic mass is 9.72. The van der Waals surface area contributed by atoms with Crippen LogP contribution < -0.4 is 15.4 Å². The fourth-order valence-corrected chi connectivity index (χ4v) is 7.01.